The first-order valence-corrected chi connectivity index (χ1v) is 6.49. The number of tetrazole rings is 1. The molecule has 0 radical (unpaired) electrons. The Balaban J connectivity index is 2.25. The van der Waals surface area contributed by atoms with Crippen molar-refractivity contribution in [1.29, 1.82) is 0 Å². The molecule has 94 valence electrons. The lowest BCUT2D eigenvalue weighted by Gasteiger charge is -2.05. The molecule has 1 aromatic carbocycles. The number of halogens is 1. The van der Waals surface area contributed by atoms with E-state index in [0.717, 1.165) is 10.0 Å². The first-order valence-electron chi connectivity index (χ1n) is 5.70. The van der Waals surface area contributed by atoms with Crippen LogP contribution in [0.4, 0.5) is 0 Å². The molecule has 5 nitrogen and oxygen atoms in total. The number of carbonyl (C=O) groups excluding carboxylic acids is 1. The van der Waals surface area contributed by atoms with Gasteiger partial charge in [0.05, 0.1) is 0 Å². The van der Waals surface area contributed by atoms with E-state index in [9.17, 15) is 4.79 Å². The van der Waals surface area contributed by atoms with Crippen LogP contribution >= 0.6 is 15.9 Å². The summed E-state index contributed by atoms with van der Waals surface area (Å²) >= 11 is 3.37. The summed E-state index contributed by atoms with van der Waals surface area (Å²) in [7, 11) is 0. The molecule has 1 atom stereocenters. The molecule has 18 heavy (non-hydrogen) atoms. The fraction of sp³-hybridized carbons (Fsp3) is 0.333. The predicted octanol–water partition coefficient (Wildman–Crippen LogP) is 2.64. The minimum Gasteiger partial charge on any atom is -0.297 e. The molecule has 6 heteroatoms. The number of nitrogens with zero attached hydrogens (tertiary/aromatic N) is 4. The number of aromatic nitrogens is 4. The second-order valence-electron chi connectivity index (χ2n) is 3.94. The molecule has 0 N–H and O–H groups in total. The number of rotatable bonds is 4. The first-order chi connectivity index (χ1) is 8.61. The zero-order valence-corrected chi connectivity index (χ0v) is 11.8. The monoisotopic (exact) mass is 308 g/mol. The standard InChI is InChI=1S/C12H13BrN4O/c1-3-11(18)8(2)17-15-12(14-16-17)9-4-6-10(13)7-5-9/h4-8H,3H2,1-2H3/t8-/m1/s1. The number of Topliss-reactive ketones (excluding diaryl/α,β-unsaturated/α-hetero) is 1. The molecule has 0 fully saturated rings. The fourth-order valence-electron chi connectivity index (χ4n) is 1.53. The van der Waals surface area contributed by atoms with Gasteiger partial charge in [0, 0.05) is 16.5 Å². The fourth-order valence-corrected chi connectivity index (χ4v) is 1.79. The Labute approximate surface area is 113 Å². The number of hydrogen-bond donors (Lipinski definition) is 0. The van der Waals surface area contributed by atoms with Crippen LogP contribution in [0.25, 0.3) is 11.4 Å². The third-order valence-corrected chi connectivity index (χ3v) is 3.22. The SMILES string of the molecule is CCC(=O)[C@@H](C)n1nnc(-c2ccc(Br)cc2)n1. The maximum Gasteiger partial charge on any atom is 0.204 e. The van der Waals surface area contributed by atoms with Gasteiger partial charge in [0.15, 0.2) is 5.78 Å². The van der Waals surface area contributed by atoms with Gasteiger partial charge < -0.3 is 0 Å². The lowest BCUT2D eigenvalue weighted by atomic mass is 10.2. The van der Waals surface area contributed by atoms with Crippen molar-refractivity contribution in [3.8, 4) is 11.4 Å². The van der Waals surface area contributed by atoms with E-state index in [1.54, 1.807) is 6.92 Å². The number of hydrogen-bond acceptors (Lipinski definition) is 4. The van der Waals surface area contributed by atoms with Gasteiger partial charge in [-0.3, -0.25) is 4.79 Å². The van der Waals surface area contributed by atoms with Crippen molar-refractivity contribution in [1.82, 2.24) is 20.2 Å². The lowest BCUT2D eigenvalue weighted by Crippen LogP contribution is -2.18. The van der Waals surface area contributed by atoms with E-state index in [4.69, 9.17) is 0 Å². The van der Waals surface area contributed by atoms with Gasteiger partial charge >= 0.3 is 0 Å². The second-order valence-corrected chi connectivity index (χ2v) is 4.85. The highest BCUT2D eigenvalue weighted by Crippen LogP contribution is 2.18. The Morgan fingerprint density at radius 1 is 1.39 bits per heavy atom. The smallest absolute Gasteiger partial charge is 0.204 e. The Bertz CT molecular complexity index is 549. The van der Waals surface area contributed by atoms with Crippen molar-refractivity contribution in [2.45, 2.75) is 26.3 Å². The first kappa shape index (κ1) is 12.9. The molecule has 0 aliphatic carbocycles. The summed E-state index contributed by atoms with van der Waals surface area (Å²) in [6, 6.07) is 7.26. The van der Waals surface area contributed by atoms with Crippen LogP contribution in [-0.4, -0.2) is 26.0 Å². The summed E-state index contributed by atoms with van der Waals surface area (Å²) < 4.78 is 0.994. The Morgan fingerprint density at radius 2 is 2.06 bits per heavy atom. The third-order valence-electron chi connectivity index (χ3n) is 2.69. The molecule has 0 unspecified atom stereocenters. The largest absolute Gasteiger partial charge is 0.297 e. The molecule has 0 saturated heterocycles. The zero-order chi connectivity index (χ0) is 13.1. The van der Waals surface area contributed by atoms with E-state index < -0.39 is 0 Å². The van der Waals surface area contributed by atoms with Crippen LogP contribution in [0, 0.1) is 0 Å². The summed E-state index contributed by atoms with van der Waals surface area (Å²) in [5.41, 5.74) is 0.876. The molecule has 0 aliphatic rings. The third kappa shape index (κ3) is 2.64. The van der Waals surface area contributed by atoms with Crippen LogP contribution < -0.4 is 0 Å². The number of benzene rings is 1. The van der Waals surface area contributed by atoms with Crippen LogP contribution in [-0.2, 0) is 4.79 Å². The van der Waals surface area contributed by atoms with E-state index in [1.165, 1.54) is 4.80 Å². The average molecular weight is 309 g/mol. The van der Waals surface area contributed by atoms with Crippen molar-refractivity contribution in [3.63, 3.8) is 0 Å². The minimum absolute atomic E-state index is 0.0924. The van der Waals surface area contributed by atoms with Crippen LogP contribution in [0.1, 0.15) is 26.3 Å². The molecule has 0 saturated carbocycles. The van der Waals surface area contributed by atoms with E-state index >= 15 is 0 Å². The molecule has 1 aromatic heterocycles. The van der Waals surface area contributed by atoms with Gasteiger partial charge in [0.1, 0.15) is 6.04 Å². The van der Waals surface area contributed by atoms with Crippen LogP contribution in [0.3, 0.4) is 0 Å². The van der Waals surface area contributed by atoms with Crippen LogP contribution in [0.15, 0.2) is 28.7 Å². The summed E-state index contributed by atoms with van der Waals surface area (Å²) in [5, 5.41) is 12.1. The molecule has 2 rings (SSSR count). The Morgan fingerprint density at radius 3 is 2.67 bits per heavy atom. The van der Waals surface area contributed by atoms with Gasteiger partial charge in [0.2, 0.25) is 5.82 Å². The summed E-state index contributed by atoms with van der Waals surface area (Å²) in [6.45, 7) is 3.60. The van der Waals surface area contributed by atoms with E-state index in [2.05, 4.69) is 31.3 Å². The summed E-state index contributed by atoms with van der Waals surface area (Å²) in [5.74, 6) is 0.619. The van der Waals surface area contributed by atoms with Gasteiger partial charge in [-0.05, 0) is 36.4 Å². The van der Waals surface area contributed by atoms with Crippen molar-refractivity contribution < 1.29 is 4.79 Å². The molecule has 0 aliphatic heterocycles. The Hall–Kier alpha value is -1.56. The topological polar surface area (TPSA) is 60.7 Å². The molecule has 0 bridgehead atoms. The van der Waals surface area contributed by atoms with E-state index in [-0.39, 0.29) is 11.8 Å². The summed E-state index contributed by atoms with van der Waals surface area (Å²) in [4.78, 5) is 12.9. The number of carbonyl (C=O) groups is 1. The van der Waals surface area contributed by atoms with Crippen molar-refractivity contribution in [3.05, 3.63) is 28.7 Å². The van der Waals surface area contributed by atoms with Crippen molar-refractivity contribution >= 4 is 21.7 Å². The van der Waals surface area contributed by atoms with Gasteiger partial charge in [-0.1, -0.05) is 22.9 Å². The normalized spacial score (nSPS) is 12.4. The highest BCUT2D eigenvalue weighted by molar-refractivity contribution is 9.10. The van der Waals surface area contributed by atoms with Crippen LogP contribution in [0.2, 0.25) is 0 Å². The van der Waals surface area contributed by atoms with Crippen molar-refractivity contribution in [2.75, 3.05) is 0 Å². The Kier molecular flexibility index (Phi) is 3.86. The van der Waals surface area contributed by atoms with Crippen LogP contribution in [0.5, 0.6) is 0 Å². The predicted molar refractivity (Wildman–Crippen MR) is 71.0 cm³/mol. The molecular formula is C12H13BrN4O. The molecule has 0 spiro atoms. The van der Waals surface area contributed by atoms with Crippen molar-refractivity contribution in [2.24, 2.45) is 0 Å². The van der Waals surface area contributed by atoms with E-state index in [1.807, 2.05) is 31.2 Å². The maximum atomic E-state index is 11.6. The second kappa shape index (κ2) is 5.39. The highest BCUT2D eigenvalue weighted by atomic mass is 79.9. The average Bonchev–Trinajstić information content (AvgIpc) is 2.87. The minimum atomic E-state index is -0.369. The quantitative estimate of drug-likeness (QED) is 0.871. The number of ketones is 1. The zero-order valence-electron chi connectivity index (χ0n) is 10.2. The lowest BCUT2D eigenvalue weighted by molar-refractivity contribution is -0.122. The van der Waals surface area contributed by atoms with Gasteiger partial charge in [0.25, 0.3) is 0 Å². The molecule has 2 aromatic rings. The van der Waals surface area contributed by atoms with Gasteiger partial charge in [-0.25, -0.2) is 0 Å². The molecule has 0 amide bonds. The molecule has 1 heterocycles. The van der Waals surface area contributed by atoms with Gasteiger partial charge in [-0.15, -0.1) is 10.2 Å². The van der Waals surface area contributed by atoms with Gasteiger partial charge in [-0.2, -0.15) is 4.80 Å². The highest BCUT2D eigenvalue weighted by Gasteiger charge is 2.16. The van der Waals surface area contributed by atoms with E-state index in [0.29, 0.717) is 12.2 Å². The maximum absolute atomic E-state index is 11.6. The summed E-state index contributed by atoms with van der Waals surface area (Å²) in [6.07, 6.45) is 0.469. The molecular weight excluding hydrogens is 296 g/mol.